The topological polar surface area (TPSA) is 53.9 Å². The number of guanidine groups is 1. The van der Waals surface area contributed by atoms with Gasteiger partial charge in [-0.25, -0.2) is 0 Å². The molecule has 2 atom stereocenters. The van der Waals surface area contributed by atoms with Crippen LogP contribution in [-0.2, 0) is 14.9 Å². The maximum absolute atomic E-state index is 11.9. The summed E-state index contributed by atoms with van der Waals surface area (Å²) in [5.41, 5.74) is 2.55. The molecule has 1 N–H and O–H groups in total. The molecule has 5 heteroatoms. The van der Waals surface area contributed by atoms with Crippen molar-refractivity contribution in [3.05, 3.63) is 35.4 Å². The highest BCUT2D eigenvalue weighted by molar-refractivity contribution is 5.82. The fourth-order valence-electron chi connectivity index (χ4n) is 3.40. The van der Waals surface area contributed by atoms with Crippen molar-refractivity contribution in [3.8, 4) is 0 Å². The third-order valence-electron chi connectivity index (χ3n) is 5.12. The van der Waals surface area contributed by atoms with Crippen LogP contribution in [0, 0.1) is 18.8 Å². The van der Waals surface area contributed by atoms with Crippen molar-refractivity contribution in [2.75, 3.05) is 33.8 Å². The van der Waals surface area contributed by atoms with Crippen LogP contribution < -0.4 is 5.32 Å². The summed E-state index contributed by atoms with van der Waals surface area (Å²) in [6, 6.07) is 8.62. The summed E-state index contributed by atoms with van der Waals surface area (Å²) in [4.78, 5) is 18.5. The van der Waals surface area contributed by atoms with E-state index in [9.17, 15) is 4.79 Å². The number of hydrogen-bond acceptors (Lipinski definition) is 3. The van der Waals surface area contributed by atoms with Crippen LogP contribution in [0.2, 0.25) is 0 Å². The Bertz CT molecular complexity index is 640. The molecule has 0 spiro atoms. The number of likely N-dealkylation sites (tertiary alicyclic amines) is 1. The normalized spacial score (nSPS) is 21.4. The maximum Gasteiger partial charge on any atom is 0.310 e. The number of aryl methyl sites for hydroxylation is 1. The summed E-state index contributed by atoms with van der Waals surface area (Å²) in [7, 11) is 3.24. The van der Waals surface area contributed by atoms with Gasteiger partial charge in [-0.1, -0.05) is 50.6 Å². The monoisotopic (exact) mass is 345 g/mol. The van der Waals surface area contributed by atoms with Crippen LogP contribution in [0.5, 0.6) is 0 Å². The molecule has 1 aliphatic heterocycles. The van der Waals surface area contributed by atoms with Crippen molar-refractivity contribution in [1.82, 2.24) is 10.2 Å². The number of methoxy groups -OCH3 is 1. The largest absolute Gasteiger partial charge is 0.469 e. The first kappa shape index (κ1) is 19.3. The Morgan fingerprint density at radius 1 is 1.40 bits per heavy atom. The molecular formula is C20H31N3O2. The van der Waals surface area contributed by atoms with Crippen LogP contribution in [0.25, 0.3) is 0 Å². The summed E-state index contributed by atoms with van der Waals surface area (Å²) in [5.74, 6) is 0.883. The minimum atomic E-state index is -0.134. The predicted molar refractivity (Wildman–Crippen MR) is 102 cm³/mol. The molecule has 5 nitrogen and oxygen atoms in total. The van der Waals surface area contributed by atoms with E-state index >= 15 is 0 Å². The lowest BCUT2D eigenvalue weighted by Crippen LogP contribution is -2.45. The second-order valence-corrected chi connectivity index (χ2v) is 7.67. The van der Waals surface area contributed by atoms with E-state index in [0.717, 1.165) is 19.0 Å². The number of carbonyl (C=O) groups is 1. The molecule has 0 aromatic heterocycles. The molecule has 1 aliphatic rings. The molecular weight excluding hydrogens is 314 g/mol. The summed E-state index contributed by atoms with van der Waals surface area (Å²) in [5, 5.41) is 3.49. The van der Waals surface area contributed by atoms with E-state index in [-0.39, 0.29) is 23.2 Å². The summed E-state index contributed by atoms with van der Waals surface area (Å²) < 4.78 is 4.92. The molecule has 1 fully saturated rings. The van der Waals surface area contributed by atoms with Crippen molar-refractivity contribution >= 4 is 11.9 Å². The fraction of sp³-hybridized carbons (Fsp3) is 0.600. The zero-order valence-corrected chi connectivity index (χ0v) is 16.3. The van der Waals surface area contributed by atoms with E-state index in [0.29, 0.717) is 6.54 Å². The Hall–Kier alpha value is -2.04. The van der Waals surface area contributed by atoms with Crippen LogP contribution >= 0.6 is 0 Å². The molecule has 0 saturated carbocycles. The van der Waals surface area contributed by atoms with Crippen LogP contribution in [0.1, 0.15) is 31.9 Å². The summed E-state index contributed by atoms with van der Waals surface area (Å²) >= 11 is 0. The van der Waals surface area contributed by atoms with Gasteiger partial charge in [0, 0.05) is 32.1 Å². The Balaban J connectivity index is 2.02. The van der Waals surface area contributed by atoms with Crippen molar-refractivity contribution in [1.29, 1.82) is 0 Å². The molecule has 2 rings (SSSR count). The lowest BCUT2D eigenvalue weighted by Gasteiger charge is -2.29. The Morgan fingerprint density at radius 2 is 2.12 bits per heavy atom. The van der Waals surface area contributed by atoms with Crippen molar-refractivity contribution < 1.29 is 9.53 Å². The van der Waals surface area contributed by atoms with Gasteiger partial charge in [0.2, 0.25) is 0 Å². The van der Waals surface area contributed by atoms with E-state index in [1.165, 1.54) is 18.2 Å². The molecule has 1 heterocycles. The van der Waals surface area contributed by atoms with Gasteiger partial charge in [-0.2, -0.15) is 0 Å². The van der Waals surface area contributed by atoms with Crippen LogP contribution in [0.15, 0.2) is 29.3 Å². The van der Waals surface area contributed by atoms with E-state index in [1.54, 1.807) is 7.05 Å². The second kappa shape index (κ2) is 7.89. The minimum Gasteiger partial charge on any atom is -0.469 e. The highest BCUT2D eigenvalue weighted by atomic mass is 16.5. The molecule has 2 unspecified atom stereocenters. The number of rotatable bonds is 4. The van der Waals surface area contributed by atoms with Gasteiger partial charge in [0.1, 0.15) is 0 Å². The summed E-state index contributed by atoms with van der Waals surface area (Å²) in [6.07, 6.45) is 0. The average molecular weight is 345 g/mol. The highest BCUT2D eigenvalue weighted by Gasteiger charge is 2.37. The van der Waals surface area contributed by atoms with E-state index < -0.39 is 0 Å². The van der Waals surface area contributed by atoms with Gasteiger partial charge in [-0.15, -0.1) is 0 Å². The van der Waals surface area contributed by atoms with Gasteiger partial charge >= 0.3 is 5.97 Å². The van der Waals surface area contributed by atoms with Crippen molar-refractivity contribution in [3.63, 3.8) is 0 Å². The molecule has 0 amide bonds. The van der Waals surface area contributed by atoms with Gasteiger partial charge in [0.25, 0.3) is 0 Å². The first-order valence-electron chi connectivity index (χ1n) is 8.89. The number of hydrogen-bond donors (Lipinski definition) is 1. The van der Waals surface area contributed by atoms with E-state index in [2.05, 4.69) is 67.2 Å². The molecule has 0 aliphatic carbocycles. The number of ether oxygens (including phenoxy) is 1. The molecule has 1 aromatic carbocycles. The highest BCUT2D eigenvalue weighted by Crippen LogP contribution is 2.25. The van der Waals surface area contributed by atoms with Gasteiger partial charge in [-0.3, -0.25) is 9.79 Å². The Morgan fingerprint density at radius 3 is 2.72 bits per heavy atom. The number of benzene rings is 1. The zero-order valence-electron chi connectivity index (χ0n) is 16.3. The number of esters is 1. The minimum absolute atomic E-state index is 0.0188. The van der Waals surface area contributed by atoms with E-state index in [4.69, 9.17) is 4.74 Å². The van der Waals surface area contributed by atoms with Gasteiger partial charge < -0.3 is 15.0 Å². The number of nitrogens with one attached hydrogen (secondary N) is 1. The van der Waals surface area contributed by atoms with Gasteiger partial charge in [0.15, 0.2) is 5.96 Å². The third-order valence-corrected chi connectivity index (χ3v) is 5.12. The molecule has 0 bridgehead atoms. The maximum atomic E-state index is 11.9. The van der Waals surface area contributed by atoms with Gasteiger partial charge in [0.05, 0.1) is 13.0 Å². The van der Waals surface area contributed by atoms with Gasteiger partial charge in [-0.05, 0) is 18.4 Å². The SMILES string of the molecule is CN=C(NCC(C)(C)c1cccc(C)c1)N1CC(C)C(C(=O)OC)C1. The quantitative estimate of drug-likeness (QED) is 0.518. The van der Waals surface area contributed by atoms with Crippen molar-refractivity contribution in [2.45, 2.75) is 33.1 Å². The number of aliphatic imine (C=N–C) groups is 1. The fourth-order valence-corrected chi connectivity index (χ4v) is 3.40. The van der Waals surface area contributed by atoms with Crippen LogP contribution in [-0.4, -0.2) is 50.6 Å². The Labute approximate surface area is 151 Å². The molecule has 1 aromatic rings. The second-order valence-electron chi connectivity index (χ2n) is 7.67. The molecule has 138 valence electrons. The third kappa shape index (κ3) is 4.53. The molecule has 25 heavy (non-hydrogen) atoms. The Kier molecular flexibility index (Phi) is 6.09. The smallest absolute Gasteiger partial charge is 0.310 e. The standard InChI is InChI=1S/C20H31N3O2/c1-14-8-7-9-16(10-14)20(3,4)13-22-19(21-5)23-11-15(2)17(12-23)18(24)25-6/h7-10,15,17H,11-13H2,1-6H3,(H,21,22). The number of nitrogens with zero attached hydrogens (tertiary/aromatic N) is 2. The number of carbonyl (C=O) groups excluding carboxylic acids is 1. The van der Waals surface area contributed by atoms with Crippen LogP contribution in [0.3, 0.4) is 0 Å². The van der Waals surface area contributed by atoms with E-state index in [1.807, 2.05) is 0 Å². The zero-order chi connectivity index (χ0) is 18.6. The summed E-state index contributed by atoms with van der Waals surface area (Å²) in [6.45, 7) is 10.9. The lowest BCUT2D eigenvalue weighted by atomic mass is 9.84. The first-order chi connectivity index (χ1) is 11.8. The average Bonchev–Trinajstić information content (AvgIpc) is 2.96. The first-order valence-corrected chi connectivity index (χ1v) is 8.89. The lowest BCUT2D eigenvalue weighted by molar-refractivity contribution is -0.145. The molecule has 1 saturated heterocycles. The van der Waals surface area contributed by atoms with Crippen LogP contribution in [0.4, 0.5) is 0 Å². The molecule has 0 radical (unpaired) electrons. The van der Waals surface area contributed by atoms with Crippen molar-refractivity contribution in [2.24, 2.45) is 16.8 Å². The predicted octanol–water partition coefficient (Wildman–Crippen LogP) is 2.59.